The molecule has 0 heterocycles. The lowest BCUT2D eigenvalue weighted by Gasteiger charge is -2.45. The van der Waals surface area contributed by atoms with E-state index in [0.29, 0.717) is 0 Å². The number of carbonyl (C=O) groups is 4. The van der Waals surface area contributed by atoms with Gasteiger partial charge in [-0.3, -0.25) is 0 Å². The summed E-state index contributed by atoms with van der Waals surface area (Å²) < 4.78 is 35.4. The van der Waals surface area contributed by atoms with Crippen LogP contribution < -0.4 is 0 Å². The number of aliphatic hydroxyl groups excluding tert-OH is 4. The molecule has 0 rings (SSSR count). The van der Waals surface area contributed by atoms with Crippen molar-refractivity contribution >= 4 is 32.7 Å². The van der Waals surface area contributed by atoms with E-state index in [2.05, 4.69) is 0 Å². The van der Waals surface area contributed by atoms with E-state index < -0.39 is 76.7 Å². The summed E-state index contributed by atoms with van der Waals surface area (Å²) >= 11 is 0. The monoisotopic (exact) mass is 474 g/mol. The fourth-order valence-corrected chi connectivity index (χ4v) is 4.27. The van der Waals surface area contributed by atoms with Crippen LogP contribution in [0.5, 0.6) is 0 Å². The average Bonchev–Trinajstić information content (AvgIpc) is 2.76. The summed E-state index contributed by atoms with van der Waals surface area (Å²) in [5, 5.41) is 36.4. The van der Waals surface area contributed by atoms with E-state index >= 15 is 0 Å². The van der Waals surface area contributed by atoms with Gasteiger partial charge in [0.25, 0.3) is 0 Å². The lowest BCUT2D eigenvalue weighted by atomic mass is 10.1. The zero-order chi connectivity index (χ0) is 24.3. The van der Waals surface area contributed by atoms with Crippen molar-refractivity contribution < 1.29 is 71.8 Å². The van der Waals surface area contributed by atoms with Gasteiger partial charge in [-0.15, -0.1) is 0 Å². The minimum atomic E-state index is -3.97. The second-order valence-corrected chi connectivity index (χ2v) is 8.64. The number of rotatable bonds is 14. The first kappa shape index (κ1) is 28.8. The van der Waals surface area contributed by atoms with Gasteiger partial charge < -0.3 is 52.7 Å². The molecule has 0 unspecified atom stereocenters. The van der Waals surface area contributed by atoms with Gasteiger partial charge in [-0.1, -0.05) is 0 Å². The molecule has 0 saturated heterocycles. The lowest BCUT2D eigenvalue weighted by Crippen LogP contribution is -2.66. The molecule has 16 heteroatoms. The first-order valence-corrected chi connectivity index (χ1v) is 10.4. The van der Waals surface area contributed by atoms with E-state index in [-0.39, 0.29) is 0 Å². The second-order valence-electron chi connectivity index (χ2n) is 5.70. The quantitative estimate of drug-likeness (QED) is 0.109. The minimum Gasteiger partial charge on any atom is -0.413 e. The Morgan fingerprint density at radius 1 is 0.645 bits per heavy atom. The summed E-state index contributed by atoms with van der Waals surface area (Å²) in [6.07, 6.45) is 0. The van der Waals surface area contributed by atoms with Crippen LogP contribution in [0.3, 0.4) is 0 Å². The topological polar surface area (TPSA) is 214 Å². The molecule has 0 atom stereocenters. The van der Waals surface area contributed by atoms with E-state index in [1.807, 2.05) is 0 Å². The number of hydrogen-bond acceptors (Lipinski definition) is 15. The first-order chi connectivity index (χ1) is 14.5. The highest BCUT2D eigenvalue weighted by atomic mass is 28.4. The molecule has 0 fully saturated rings. The number of esters is 4. The first-order valence-electron chi connectivity index (χ1n) is 8.42. The van der Waals surface area contributed by atoms with Gasteiger partial charge in [-0.25, -0.2) is 19.2 Å². The molecule has 0 aromatic heterocycles. The van der Waals surface area contributed by atoms with Gasteiger partial charge in [-0.05, 0) is 0 Å². The van der Waals surface area contributed by atoms with Crippen LogP contribution in [0, 0.1) is 0 Å². The number of ether oxygens (including phenoxy) is 4. The Kier molecular flexibility index (Phi) is 11.7. The van der Waals surface area contributed by atoms with Crippen molar-refractivity contribution in [1.82, 2.24) is 0 Å². The van der Waals surface area contributed by atoms with Crippen LogP contribution in [0.15, 0.2) is 0 Å². The minimum absolute atomic E-state index is 0.781. The van der Waals surface area contributed by atoms with Gasteiger partial charge in [0.2, 0.25) is 0 Å². The maximum Gasteiger partial charge on any atom is 0.508 e. The highest BCUT2D eigenvalue weighted by Gasteiger charge is 2.67. The van der Waals surface area contributed by atoms with E-state index in [1.54, 1.807) is 0 Å². The Hall–Kier alpha value is -2.18. The molecule has 31 heavy (non-hydrogen) atoms. The second kappa shape index (κ2) is 12.6. The van der Waals surface area contributed by atoms with Gasteiger partial charge in [-0.2, -0.15) is 0 Å². The van der Waals surface area contributed by atoms with E-state index in [0.717, 1.165) is 28.3 Å². The predicted molar refractivity (Wildman–Crippen MR) is 95.4 cm³/mol. The number of hydrogen-bond donors (Lipinski definition) is 4. The molecule has 15 nitrogen and oxygen atoms in total. The van der Waals surface area contributed by atoms with Gasteiger partial charge in [0.1, 0.15) is 32.5 Å². The van der Waals surface area contributed by atoms with Crippen LogP contribution >= 0.6 is 0 Å². The van der Waals surface area contributed by atoms with Gasteiger partial charge >= 0.3 is 44.3 Å². The van der Waals surface area contributed by atoms with Gasteiger partial charge in [0, 0.05) is 28.3 Å². The van der Waals surface area contributed by atoms with Crippen LogP contribution in [0.2, 0.25) is 6.04 Å². The van der Waals surface area contributed by atoms with Gasteiger partial charge in [0.05, 0.1) is 0 Å². The molecule has 0 aliphatic rings. The molecule has 0 aliphatic carbocycles. The van der Waals surface area contributed by atoms with Crippen molar-refractivity contribution in [2.24, 2.45) is 0 Å². The van der Waals surface area contributed by atoms with Crippen LogP contribution in [0.4, 0.5) is 0 Å². The van der Waals surface area contributed by atoms with E-state index in [9.17, 15) is 19.2 Å². The number of aliphatic hydroxyl groups is 4. The molecule has 0 bridgehead atoms. The molecule has 0 radical (unpaired) electrons. The van der Waals surface area contributed by atoms with Crippen LogP contribution in [0.25, 0.3) is 0 Å². The van der Waals surface area contributed by atoms with Crippen molar-refractivity contribution in [3.05, 3.63) is 0 Å². The molecular weight excluding hydrogens is 448 g/mol. The maximum atomic E-state index is 12.0. The Labute approximate surface area is 177 Å². The number of carbonyl (C=O) groups excluding carboxylic acids is 4. The fourth-order valence-electron chi connectivity index (χ4n) is 2.30. The summed E-state index contributed by atoms with van der Waals surface area (Å²) in [4.78, 5) is 47.7. The van der Waals surface area contributed by atoms with Crippen molar-refractivity contribution in [1.29, 1.82) is 0 Å². The van der Waals surface area contributed by atoms with Crippen LogP contribution in [0.1, 0.15) is 6.92 Å². The molecule has 180 valence electrons. The highest BCUT2D eigenvalue weighted by Crippen LogP contribution is 2.41. The van der Waals surface area contributed by atoms with E-state index in [4.69, 9.17) is 52.7 Å². The Morgan fingerprint density at radius 2 is 0.935 bits per heavy atom. The molecule has 0 saturated carbocycles. The Balaban J connectivity index is 6.97. The SMILES string of the molecule is CO[Si](CC(OC(=O)CO)(OC(=O)CO)C(C)(OC(=O)CO)OC(=O)CO)(OC)OC. The summed E-state index contributed by atoms with van der Waals surface area (Å²) in [6, 6.07) is -0.908. The Morgan fingerprint density at radius 3 is 1.19 bits per heavy atom. The van der Waals surface area contributed by atoms with Crippen molar-refractivity contribution in [2.75, 3.05) is 47.8 Å². The normalized spacial score (nSPS) is 12.1. The third kappa shape index (κ3) is 7.47. The Bertz CT molecular complexity index is 588. The maximum absolute atomic E-state index is 12.0. The fraction of sp³-hybridized carbons (Fsp3) is 0.733. The largest absolute Gasteiger partial charge is 0.508 e. The van der Waals surface area contributed by atoms with Crippen molar-refractivity contribution in [3.63, 3.8) is 0 Å². The predicted octanol–water partition coefficient (Wildman–Crippen LogP) is -3.58. The lowest BCUT2D eigenvalue weighted by molar-refractivity contribution is -0.354. The molecule has 0 aliphatic heterocycles. The van der Waals surface area contributed by atoms with Gasteiger partial charge in [0.15, 0.2) is 0 Å². The third-order valence-corrected chi connectivity index (χ3v) is 6.53. The van der Waals surface area contributed by atoms with Crippen molar-refractivity contribution in [3.8, 4) is 0 Å². The molecule has 0 amide bonds. The molecule has 0 spiro atoms. The molecule has 4 N–H and O–H groups in total. The summed E-state index contributed by atoms with van der Waals surface area (Å²) in [5.74, 6) is -11.7. The molecule has 0 aromatic carbocycles. The van der Waals surface area contributed by atoms with Crippen LogP contribution in [-0.2, 0) is 51.4 Å². The third-order valence-electron chi connectivity index (χ3n) is 3.77. The van der Waals surface area contributed by atoms with Crippen LogP contribution in [-0.4, -0.2) is 112 Å². The van der Waals surface area contributed by atoms with Crippen molar-refractivity contribution in [2.45, 2.75) is 24.5 Å². The van der Waals surface area contributed by atoms with E-state index in [1.165, 1.54) is 0 Å². The molecular formula is C15H26O15Si. The zero-order valence-corrected chi connectivity index (χ0v) is 18.3. The highest BCUT2D eigenvalue weighted by molar-refractivity contribution is 6.60. The summed E-state index contributed by atoms with van der Waals surface area (Å²) in [5.41, 5.74) is 0. The average molecular weight is 474 g/mol. The smallest absolute Gasteiger partial charge is 0.413 e. The summed E-state index contributed by atoms with van der Waals surface area (Å²) in [7, 11) is -0.629. The standard InChI is InChI=1S/C15H26O15Si/c1-14(27-10(20)5-16,28-11(21)6-17)15(29-12(22)7-18,30-13(23)8-19)9-31(24-2,25-3)26-4/h16-19H,5-9H2,1-4H3. The summed E-state index contributed by atoms with van der Waals surface area (Å²) in [6.45, 7) is -4.29. The zero-order valence-electron chi connectivity index (χ0n) is 17.3. The molecule has 0 aromatic rings.